The molecule has 0 aliphatic rings. The topological polar surface area (TPSA) is 51.8 Å². The van der Waals surface area contributed by atoms with E-state index in [0.29, 0.717) is 23.4 Å². The Morgan fingerprint density at radius 1 is 1.06 bits per heavy atom. The van der Waals surface area contributed by atoms with E-state index in [9.17, 15) is 0 Å². The van der Waals surface area contributed by atoms with E-state index in [2.05, 4.69) is 54.9 Å². The number of benzene rings is 2. The summed E-state index contributed by atoms with van der Waals surface area (Å²) < 4.78 is 1.85. The van der Waals surface area contributed by atoms with Gasteiger partial charge in [0.2, 0.25) is 5.82 Å². The second-order valence-electron chi connectivity index (χ2n) is 7.90. The molecule has 6 heteroatoms. The Balaban J connectivity index is 2.15. The van der Waals surface area contributed by atoms with Gasteiger partial charge in [0.05, 0.1) is 30.0 Å². The first-order chi connectivity index (χ1) is 14.9. The van der Waals surface area contributed by atoms with Crippen LogP contribution in [-0.2, 0) is 0 Å². The number of quaternary nitrogens is 1. The maximum atomic E-state index is 6.32. The molecule has 0 saturated carbocycles. The summed E-state index contributed by atoms with van der Waals surface area (Å²) in [7, 11) is 0. The van der Waals surface area contributed by atoms with E-state index in [1.807, 2.05) is 36.4 Å². The number of halogens is 2. The van der Waals surface area contributed by atoms with Crippen molar-refractivity contribution in [2.75, 3.05) is 19.6 Å². The fourth-order valence-corrected chi connectivity index (χ4v) is 4.71. The van der Waals surface area contributed by atoms with Gasteiger partial charge >= 0.3 is 0 Å². The number of nitrogens with zero attached hydrogens (tertiary/aromatic N) is 3. The SMILES string of the molecule is CC[N+](CC)(c1nc(C=Cc2ccc(Br)cc2)nc2cc(Cl)ccc12)C(C)CCCN. The van der Waals surface area contributed by atoms with Crippen molar-refractivity contribution in [2.45, 2.75) is 39.7 Å². The molecule has 0 aliphatic carbocycles. The fourth-order valence-electron chi connectivity index (χ4n) is 4.28. The molecule has 3 rings (SSSR count). The Bertz CT molecular complexity index is 1050. The molecule has 1 aromatic heterocycles. The van der Waals surface area contributed by atoms with Crippen LogP contribution in [0, 0.1) is 0 Å². The standard InChI is InChI=1S/C25H31BrClN4/c1-4-31(5-2,18(3)7-6-16-28)25-22-14-13-21(27)17-23(22)29-24(30-25)15-10-19-8-11-20(26)12-9-19/h8-15,17-18H,4-7,16,28H2,1-3H3/q+1. The van der Waals surface area contributed by atoms with E-state index >= 15 is 0 Å². The van der Waals surface area contributed by atoms with Gasteiger partial charge in [-0.2, -0.15) is 4.98 Å². The molecule has 1 unspecified atom stereocenters. The van der Waals surface area contributed by atoms with Gasteiger partial charge in [0.1, 0.15) is 0 Å². The maximum Gasteiger partial charge on any atom is 0.239 e. The van der Waals surface area contributed by atoms with Crippen molar-refractivity contribution in [1.29, 1.82) is 0 Å². The van der Waals surface area contributed by atoms with Crippen LogP contribution in [0.2, 0.25) is 5.02 Å². The number of rotatable bonds is 9. The Morgan fingerprint density at radius 2 is 1.77 bits per heavy atom. The summed E-state index contributed by atoms with van der Waals surface area (Å²) in [6.45, 7) is 9.40. The summed E-state index contributed by atoms with van der Waals surface area (Å²) in [5.74, 6) is 1.76. The Morgan fingerprint density at radius 3 is 2.42 bits per heavy atom. The van der Waals surface area contributed by atoms with Crippen molar-refractivity contribution in [3.63, 3.8) is 0 Å². The van der Waals surface area contributed by atoms with Gasteiger partial charge in [0.15, 0.2) is 5.82 Å². The smallest absolute Gasteiger partial charge is 0.239 e. The van der Waals surface area contributed by atoms with Crippen molar-refractivity contribution in [3.05, 3.63) is 63.3 Å². The summed E-state index contributed by atoms with van der Waals surface area (Å²) in [6, 6.07) is 14.5. The lowest BCUT2D eigenvalue weighted by Gasteiger charge is -2.41. The second kappa shape index (κ2) is 10.7. The molecule has 0 bridgehead atoms. The summed E-state index contributed by atoms with van der Waals surface area (Å²) in [5, 5.41) is 1.75. The van der Waals surface area contributed by atoms with Gasteiger partial charge in [-0.3, -0.25) is 4.48 Å². The van der Waals surface area contributed by atoms with Gasteiger partial charge in [-0.15, -0.1) is 0 Å². The molecule has 0 saturated heterocycles. The highest BCUT2D eigenvalue weighted by atomic mass is 79.9. The zero-order chi connectivity index (χ0) is 22.4. The number of fused-ring (bicyclic) bond motifs is 1. The first-order valence-electron chi connectivity index (χ1n) is 10.9. The molecule has 0 radical (unpaired) electrons. The highest BCUT2D eigenvalue weighted by Gasteiger charge is 2.36. The number of nitrogens with two attached hydrogens (primary N) is 1. The molecule has 0 fully saturated rings. The fraction of sp³-hybridized carbons (Fsp3) is 0.360. The van der Waals surface area contributed by atoms with Crippen molar-refractivity contribution in [2.24, 2.45) is 5.73 Å². The molecule has 3 aromatic rings. The van der Waals surface area contributed by atoms with Gasteiger partial charge in [-0.05, 0) is 75.7 Å². The number of hydrogen-bond donors (Lipinski definition) is 1. The molecule has 4 nitrogen and oxygen atoms in total. The minimum Gasteiger partial charge on any atom is -0.330 e. The third-order valence-electron chi connectivity index (χ3n) is 6.17. The van der Waals surface area contributed by atoms with Gasteiger partial charge in [-0.1, -0.05) is 45.7 Å². The van der Waals surface area contributed by atoms with Crippen LogP contribution < -0.4 is 10.2 Å². The Labute approximate surface area is 198 Å². The lowest BCUT2D eigenvalue weighted by Crippen LogP contribution is -2.56. The summed E-state index contributed by atoms with van der Waals surface area (Å²) >= 11 is 9.81. The van der Waals surface area contributed by atoms with Crippen LogP contribution in [0.3, 0.4) is 0 Å². The van der Waals surface area contributed by atoms with E-state index < -0.39 is 0 Å². The lowest BCUT2D eigenvalue weighted by atomic mass is 10.1. The molecule has 2 N–H and O–H groups in total. The average molecular weight is 503 g/mol. The first-order valence-corrected chi connectivity index (χ1v) is 12.1. The summed E-state index contributed by atoms with van der Waals surface area (Å²) in [5.41, 5.74) is 7.80. The van der Waals surface area contributed by atoms with Crippen LogP contribution >= 0.6 is 27.5 Å². The highest BCUT2D eigenvalue weighted by Crippen LogP contribution is 2.34. The van der Waals surface area contributed by atoms with E-state index in [1.165, 1.54) is 0 Å². The average Bonchev–Trinajstić information content (AvgIpc) is 2.78. The molecule has 0 amide bonds. The minimum atomic E-state index is 0.399. The predicted molar refractivity (Wildman–Crippen MR) is 138 cm³/mol. The van der Waals surface area contributed by atoms with Crippen molar-refractivity contribution >= 4 is 56.4 Å². The molecular weight excluding hydrogens is 472 g/mol. The van der Waals surface area contributed by atoms with E-state index in [-0.39, 0.29) is 0 Å². The third kappa shape index (κ3) is 5.35. The van der Waals surface area contributed by atoms with Gasteiger partial charge in [0, 0.05) is 15.9 Å². The predicted octanol–water partition coefficient (Wildman–Crippen LogP) is 6.69. The lowest BCUT2D eigenvalue weighted by molar-refractivity contribution is 0.215. The second-order valence-corrected chi connectivity index (χ2v) is 9.25. The van der Waals surface area contributed by atoms with Crippen LogP contribution in [0.15, 0.2) is 46.9 Å². The van der Waals surface area contributed by atoms with Crippen LogP contribution in [-0.4, -0.2) is 35.6 Å². The number of hydrogen-bond acceptors (Lipinski definition) is 3. The van der Waals surface area contributed by atoms with Crippen LogP contribution in [0.25, 0.3) is 23.1 Å². The van der Waals surface area contributed by atoms with Crippen LogP contribution in [0.5, 0.6) is 0 Å². The summed E-state index contributed by atoms with van der Waals surface area (Å²) in [6.07, 6.45) is 6.09. The molecule has 0 spiro atoms. The molecule has 2 aromatic carbocycles. The van der Waals surface area contributed by atoms with Crippen molar-refractivity contribution in [1.82, 2.24) is 14.5 Å². The molecular formula is C25H31BrClN4+. The Hall–Kier alpha value is -1.79. The summed E-state index contributed by atoms with van der Waals surface area (Å²) in [4.78, 5) is 9.91. The molecule has 0 aliphatic heterocycles. The van der Waals surface area contributed by atoms with E-state index in [0.717, 1.165) is 57.2 Å². The van der Waals surface area contributed by atoms with Crippen LogP contribution in [0.4, 0.5) is 5.82 Å². The van der Waals surface area contributed by atoms with E-state index in [4.69, 9.17) is 27.3 Å². The van der Waals surface area contributed by atoms with Crippen molar-refractivity contribution in [3.8, 4) is 0 Å². The zero-order valence-corrected chi connectivity index (χ0v) is 20.8. The molecule has 164 valence electrons. The molecule has 1 atom stereocenters. The van der Waals surface area contributed by atoms with Gasteiger partial charge < -0.3 is 5.73 Å². The van der Waals surface area contributed by atoms with E-state index in [1.54, 1.807) is 0 Å². The molecule has 1 heterocycles. The third-order valence-corrected chi connectivity index (χ3v) is 6.93. The van der Waals surface area contributed by atoms with Gasteiger partial charge in [0.25, 0.3) is 0 Å². The zero-order valence-electron chi connectivity index (χ0n) is 18.5. The van der Waals surface area contributed by atoms with Crippen molar-refractivity contribution < 1.29 is 0 Å². The minimum absolute atomic E-state index is 0.399. The normalized spacial score (nSPS) is 13.2. The maximum absolute atomic E-state index is 6.32. The molecule has 31 heavy (non-hydrogen) atoms. The monoisotopic (exact) mass is 501 g/mol. The highest BCUT2D eigenvalue weighted by molar-refractivity contribution is 9.10. The Kier molecular flexibility index (Phi) is 8.23. The quantitative estimate of drug-likeness (QED) is 0.332. The number of aromatic nitrogens is 2. The van der Waals surface area contributed by atoms with Gasteiger partial charge in [-0.25, -0.2) is 4.98 Å². The largest absolute Gasteiger partial charge is 0.330 e. The van der Waals surface area contributed by atoms with Crippen LogP contribution in [0.1, 0.15) is 45.0 Å². The first kappa shape index (κ1) is 23.9.